The first kappa shape index (κ1) is 55.8. The lowest BCUT2D eigenvalue weighted by molar-refractivity contribution is -0.142. The second-order valence-electron chi connectivity index (χ2n) is 15.8. The Labute approximate surface area is 386 Å². The van der Waals surface area contributed by atoms with Crippen LogP contribution in [0.3, 0.4) is 0 Å². The molecule has 0 saturated carbocycles. The first-order valence-electron chi connectivity index (χ1n) is 21.4. The van der Waals surface area contributed by atoms with Crippen LogP contribution < -0.4 is 60.2 Å². The number of carbonyl (C=O) groups is 11. The molecule has 1 saturated heterocycles. The Hall–Kier alpha value is -6.35. The fourth-order valence-corrected chi connectivity index (χ4v) is 6.87. The highest BCUT2D eigenvalue weighted by Crippen LogP contribution is 2.21. The number of aromatic amines is 1. The summed E-state index contributed by atoms with van der Waals surface area (Å²) in [5.41, 5.74) is 22.9. The number of H-pyrrole nitrogens is 1. The fraction of sp³-hybridized carbons (Fsp3) is 0.641. The first-order valence-corrected chi connectivity index (χ1v) is 22.0. The van der Waals surface area contributed by atoms with Gasteiger partial charge in [-0.1, -0.05) is 20.3 Å². The van der Waals surface area contributed by atoms with Crippen LogP contribution in [-0.4, -0.2) is 159 Å². The van der Waals surface area contributed by atoms with E-state index in [1.165, 1.54) is 24.3 Å². The number of hydrogen-bond acceptors (Lipinski definition) is 15. The molecule has 0 aliphatic carbocycles. The summed E-state index contributed by atoms with van der Waals surface area (Å²) >= 11 is 4.16. The molecule has 10 amide bonds. The number of carboxylic acids is 1. The predicted molar refractivity (Wildman–Crippen MR) is 237 cm³/mol. The minimum atomic E-state index is -1.79. The number of nitrogens with two attached hydrogens (primary N) is 4. The van der Waals surface area contributed by atoms with E-state index in [0.29, 0.717) is 31.4 Å². The number of aromatic nitrogens is 2. The van der Waals surface area contributed by atoms with Crippen molar-refractivity contribution in [3.05, 3.63) is 18.2 Å². The number of likely N-dealkylation sites (tertiary alicyclic amines) is 1. The van der Waals surface area contributed by atoms with Crippen LogP contribution in [0.4, 0.5) is 0 Å². The largest absolute Gasteiger partial charge is 0.480 e. The Morgan fingerprint density at radius 1 is 0.818 bits per heavy atom. The zero-order chi connectivity index (χ0) is 49.7. The second-order valence-corrected chi connectivity index (χ2v) is 16.2. The van der Waals surface area contributed by atoms with Gasteiger partial charge in [-0.3, -0.25) is 47.9 Å². The third-order valence-electron chi connectivity index (χ3n) is 10.6. The fourth-order valence-electron chi connectivity index (χ4n) is 6.62. The molecule has 0 unspecified atom stereocenters. The number of thiol groups is 1. The minimum absolute atomic E-state index is 0.0476. The zero-order valence-corrected chi connectivity index (χ0v) is 38.0. The summed E-state index contributed by atoms with van der Waals surface area (Å²) in [6.45, 7) is 4.75. The highest BCUT2D eigenvalue weighted by atomic mass is 32.1. The van der Waals surface area contributed by atoms with Crippen molar-refractivity contribution in [2.24, 2.45) is 28.9 Å². The quantitative estimate of drug-likeness (QED) is 0.0263. The highest BCUT2D eigenvalue weighted by Gasteiger charge is 2.39. The molecule has 17 N–H and O–H groups in total. The molecule has 1 aliphatic heterocycles. The van der Waals surface area contributed by atoms with Gasteiger partial charge < -0.3 is 75.1 Å². The monoisotopic (exact) mass is 952 g/mol. The zero-order valence-electron chi connectivity index (χ0n) is 37.1. The molecular weight excluding hydrogens is 889 g/mol. The normalized spacial score (nSPS) is 16.9. The van der Waals surface area contributed by atoms with Gasteiger partial charge in [0.25, 0.3) is 0 Å². The molecule has 368 valence electrons. The van der Waals surface area contributed by atoms with Crippen LogP contribution in [0, 0.1) is 5.92 Å². The van der Waals surface area contributed by atoms with Gasteiger partial charge in [0.2, 0.25) is 59.1 Å². The smallest absolute Gasteiger partial charge is 0.326 e. The van der Waals surface area contributed by atoms with Gasteiger partial charge in [0.1, 0.15) is 42.3 Å². The number of amides is 10. The van der Waals surface area contributed by atoms with E-state index in [-0.39, 0.29) is 44.0 Å². The summed E-state index contributed by atoms with van der Waals surface area (Å²) in [6.07, 6.45) is 3.01. The first-order chi connectivity index (χ1) is 31.1. The molecule has 0 aromatic carbocycles. The van der Waals surface area contributed by atoms with Crippen molar-refractivity contribution in [3.8, 4) is 0 Å². The minimum Gasteiger partial charge on any atom is -0.480 e. The number of nitrogens with one attached hydrogen (secondary N) is 8. The highest BCUT2D eigenvalue weighted by molar-refractivity contribution is 7.80. The number of rotatable bonds is 29. The average molecular weight is 953 g/mol. The van der Waals surface area contributed by atoms with Gasteiger partial charge in [-0.05, 0) is 51.5 Å². The van der Waals surface area contributed by atoms with E-state index in [0.717, 1.165) is 0 Å². The lowest BCUT2D eigenvalue weighted by Gasteiger charge is -2.30. The third-order valence-corrected chi connectivity index (χ3v) is 11.0. The number of nitrogens with zero attached hydrogens (tertiary/aromatic N) is 2. The molecule has 0 bridgehead atoms. The molecule has 1 aliphatic rings. The Morgan fingerprint density at radius 2 is 1.39 bits per heavy atom. The van der Waals surface area contributed by atoms with Crippen molar-refractivity contribution >= 4 is 77.7 Å². The second kappa shape index (κ2) is 27.9. The molecule has 1 aromatic heterocycles. The Balaban J connectivity index is 2.14. The summed E-state index contributed by atoms with van der Waals surface area (Å²) < 4.78 is 0. The average Bonchev–Trinajstić information content (AvgIpc) is 3.98. The van der Waals surface area contributed by atoms with Crippen LogP contribution in [0.2, 0.25) is 0 Å². The molecule has 2 rings (SSSR count). The standard InChI is InChI=1S/C39H64N14O12S/c1-4-19(2)31(43)38(63)53-11-7-9-27(53)37(62)52-26(17-66)36(61)50-24(14-29(42)55)35(60)49-23(13-28(41)54)34(59)48-22(8-5-6-10-40)33(58)45-16-30(56)47-20(3)32(57)51-25(39(64)65)12-21-15-44-18-46-21/h15,18-20,22-27,31,66H,4-14,16-17,40,43H2,1-3H3,(H2,41,54)(H2,42,55)(H,44,46)(H,45,58)(H,47,56)(H,48,59)(H,49,60)(H,50,61)(H,51,57)(H,52,62)(H,64,65)/t19-,20-,22-,23-,24-,25-,26-,27-,31-/m0/s1. The van der Waals surface area contributed by atoms with Crippen molar-refractivity contribution in [1.29, 1.82) is 0 Å². The Morgan fingerprint density at radius 3 is 1.91 bits per heavy atom. The van der Waals surface area contributed by atoms with Crippen molar-refractivity contribution in [1.82, 2.24) is 52.1 Å². The maximum absolute atomic E-state index is 13.6. The molecule has 1 aromatic rings. The molecular formula is C39H64N14O12S. The van der Waals surface area contributed by atoms with Gasteiger partial charge >= 0.3 is 5.97 Å². The number of imidazole rings is 1. The molecule has 2 heterocycles. The number of unbranched alkanes of at least 4 members (excludes halogenated alkanes) is 1. The van der Waals surface area contributed by atoms with Crippen LogP contribution >= 0.6 is 12.6 Å². The van der Waals surface area contributed by atoms with Crippen molar-refractivity contribution in [2.75, 3.05) is 25.4 Å². The van der Waals surface area contributed by atoms with Gasteiger partial charge in [-0.25, -0.2) is 9.78 Å². The molecule has 1 fully saturated rings. The van der Waals surface area contributed by atoms with Gasteiger partial charge in [0.15, 0.2) is 0 Å². The van der Waals surface area contributed by atoms with Crippen LogP contribution in [-0.2, 0) is 59.2 Å². The number of carboxylic acid groups (broad SMARTS) is 1. The Kier molecular flexibility index (Phi) is 23.5. The topological polar surface area (TPSA) is 428 Å². The maximum atomic E-state index is 13.6. The lowest BCUT2D eigenvalue weighted by Crippen LogP contribution is -2.60. The van der Waals surface area contributed by atoms with Gasteiger partial charge in [-0.15, -0.1) is 0 Å². The third kappa shape index (κ3) is 18.3. The number of carbonyl (C=O) groups excluding carboxylic acids is 10. The molecule has 66 heavy (non-hydrogen) atoms. The van der Waals surface area contributed by atoms with Gasteiger partial charge in [-0.2, -0.15) is 12.6 Å². The molecule has 26 nitrogen and oxygen atoms in total. The van der Waals surface area contributed by atoms with E-state index in [2.05, 4.69) is 59.8 Å². The molecule has 27 heteroatoms. The van der Waals surface area contributed by atoms with E-state index in [1.54, 1.807) is 0 Å². The van der Waals surface area contributed by atoms with Crippen LogP contribution in [0.25, 0.3) is 0 Å². The SMILES string of the molecule is CC[C@H](C)[C@H](N)C(=O)N1CCC[C@H]1C(=O)N[C@@H](CS)C(=O)N[C@@H](CC(N)=O)C(=O)N[C@@H](CC(N)=O)C(=O)N[C@@H](CCCCN)C(=O)NCC(=O)N[C@@H](C)C(=O)N[C@@H](Cc1cnc[nH]1)C(=O)O. The van der Waals surface area contributed by atoms with Gasteiger partial charge in [0.05, 0.1) is 31.8 Å². The summed E-state index contributed by atoms with van der Waals surface area (Å²) in [7, 11) is 0. The maximum Gasteiger partial charge on any atom is 0.326 e. The van der Waals surface area contributed by atoms with E-state index in [1.807, 2.05) is 13.8 Å². The number of hydrogen-bond donors (Lipinski definition) is 14. The molecule has 0 spiro atoms. The van der Waals surface area contributed by atoms with Crippen molar-refractivity contribution in [2.45, 2.75) is 127 Å². The van der Waals surface area contributed by atoms with Crippen LogP contribution in [0.15, 0.2) is 12.5 Å². The molecule has 9 atom stereocenters. The van der Waals surface area contributed by atoms with E-state index in [9.17, 15) is 57.8 Å². The predicted octanol–water partition coefficient (Wildman–Crippen LogP) is -5.74. The summed E-state index contributed by atoms with van der Waals surface area (Å²) in [6, 6.07) is -10.7. The summed E-state index contributed by atoms with van der Waals surface area (Å²) in [4.78, 5) is 150. The van der Waals surface area contributed by atoms with E-state index < -0.39 is 133 Å². The molecule has 0 radical (unpaired) electrons. The number of primary amides is 2. The Bertz CT molecular complexity index is 1890. The summed E-state index contributed by atoms with van der Waals surface area (Å²) in [5.74, 6) is -10.9. The van der Waals surface area contributed by atoms with Crippen LogP contribution in [0.5, 0.6) is 0 Å². The number of aliphatic carboxylic acids is 1. The van der Waals surface area contributed by atoms with Gasteiger partial charge in [0, 0.05) is 30.6 Å². The van der Waals surface area contributed by atoms with Crippen molar-refractivity contribution < 1.29 is 57.8 Å². The summed E-state index contributed by atoms with van der Waals surface area (Å²) in [5, 5.41) is 25.9. The van der Waals surface area contributed by atoms with E-state index >= 15 is 0 Å². The van der Waals surface area contributed by atoms with Crippen molar-refractivity contribution in [3.63, 3.8) is 0 Å². The lowest BCUT2D eigenvalue weighted by atomic mass is 9.98. The van der Waals surface area contributed by atoms with E-state index in [4.69, 9.17) is 22.9 Å². The van der Waals surface area contributed by atoms with Crippen LogP contribution in [0.1, 0.15) is 77.8 Å².